The van der Waals surface area contributed by atoms with Gasteiger partial charge in [0.1, 0.15) is 8.07 Å². The Bertz CT molecular complexity index is 474. The van der Waals surface area contributed by atoms with E-state index in [0.717, 1.165) is 0 Å². The molecule has 19 heavy (non-hydrogen) atoms. The molecule has 2 rings (SSSR count). The van der Waals surface area contributed by atoms with E-state index in [9.17, 15) is 0 Å². The third kappa shape index (κ3) is 3.24. The second kappa shape index (κ2) is 6.53. The van der Waals surface area contributed by atoms with Gasteiger partial charge in [0.2, 0.25) is 0 Å². The Morgan fingerprint density at radius 3 is 1.74 bits per heavy atom. The Morgan fingerprint density at radius 2 is 1.32 bits per heavy atom. The van der Waals surface area contributed by atoms with Gasteiger partial charge in [0, 0.05) is 0 Å². The highest BCUT2D eigenvalue weighted by Crippen LogP contribution is 2.08. The number of benzene rings is 2. The molecule has 0 radical (unpaired) electrons. The summed E-state index contributed by atoms with van der Waals surface area (Å²) in [7, 11) is -1.72. The van der Waals surface area contributed by atoms with Gasteiger partial charge in [0.25, 0.3) is 0 Å². The molecule has 0 aliphatic heterocycles. The van der Waals surface area contributed by atoms with Crippen LogP contribution in [0.25, 0.3) is 0 Å². The summed E-state index contributed by atoms with van der Waals surface area (Å²) in [6.07, 6.45) is 4.75. The number of allylic oxidation sites excluding steroid dienone is 1. The maximum Gasteiger partial charge on any atom is 0.137 e. The zero-order valence-corrected chi connectivity index (χ0v) is 12.8. The van der Waals surface area contributed by atoms with Crippen molar-refractivity contribution in [2.45, 2.75) is 26.3 Å². The largest absolute Gasteiger partial charge is 0.137 e. The highest BCUT2D eigenvalue weighted by molar-refractivity contribution is 7.05. The van der Waals surface area contributed by atoms with Crippen LogP contribution in [-0.2, 0) is 0 Å². The fourth-order valence-electron chi connectivity index (χ4n) is 2.41. The van der Waals surface area contributed by atoms with Crippen LogP contribution in [0.5, 0.6) is 0 Å². The van der Waals surface area contributed by atoms with Gasteiger partial charge >= 0.3 is 0 Å². The topological polar surface area (TPSA) is 0 Å². The fourth-order valence-corrected chi connectivity index (χ4v) is 5.54. The molecule has 0 amide bonds. The summed E-state index contributed by atoms with van der Waals surface area (Å²) in [4.78, 5) is 0. The first kappa shape index (κ1) is 13.8. The Hall–Kier alpha value is -1.60. The number of hydrogen-bond acceptors (Lipinski definition) is 0. The third-order valence-electron chi connectivity index (χ3n) is 3.65. The highest BCUT2D eigenvalue weighted by atomic mass is 28.3. The van der Waals surface area contributed by atoms with E-state index in [4.69, 9.17) is 0 Å². The maximum absolute atomic E-state index is 2.49. The van der Waals surface area contributed by atoms with Crippen molar-refractivity contribution in [2.75, 3.05) is 0 Å². The van der Waals surface area contributed by atoms with Crippen LogP contribution in [0.1, 0.15) is 19.8 Å². The predicted molar refractivity (Wildman–Crippen MR) is 87.8 cm³/mol. The van der Waals surface area contributed by atoms with E-state index in [2.05, 4.69) is 85.9 Å². The SMILES string of the molecule is CCC/C=C/[Si](C)(c1ccccc1)c1ccccc1. The molecule has 0 spiro atoms. The Balaban J connectivity index is 2.45. The molecule has 0 saturated carbocycles. The summed E-state index contributed by atoms with van der Waals surface area (Å²) in [5, 5.41) is 2.96. The van der Waals surface area contributed by atoms with Gasteiger partial charge in [-0.2, -0.15) is 0 Å². The van der Waals surface area contributed by atoms with E-state index >= 15 is 0 Å². The molecular weight excluding hydrogens is 244 g/mol. The summed E-state index contributed by atoms with van der Waals surface area (Å²) >= 11 is 0. The highest BCUT2D eigenvalue weighted by Gasteiger charge is 2.28. The molecule has 2 aromatic carbocycles. The molecule has 2 aromatic rings. The number of hydrogen-bond donors (Lipinski definition) is 0. The molecule has 0 aliphatic rings. The van der Waals surface area contributed by atoms with Gasteiger partial charge in [0.05, 0.1) is 0 Å². The van der Waals surface area contributed by atoms with Crippen molar-refractivity contribution in [1.82, 2.24) is 0 Å². The first-order chi connectivity index (χ1) is 9.27. The van der Waals surface area contributed by atoms with Gasteiger partial charge in [-0.15, -0.1) is 0 Å². The molecule has 1 heteroatoms. The molecule has 0 atom stereocenters. The van der Waals surface area contributed by atoms with Gasteiger partial charge < -0.3 is 0 Å². The molecule has 0 aliphatic carbocycles. The summed E-state index contributed by atoms with van der Waals surface area (Å²) in [6, 6.07) is 21.9. The zero-order valence-electron chi connectivity index (χ0n) is 11.8. The van der Waals surface area contributed by atoms with Crippen LogP contribution in [0, 0.1) is 0 Å². The van der Waals surface area contributed by atoms with Crippen LogP contribution < -0.4 is 10.4 Å². The summed E-state index contributed by atoms with van der Waals surface area (Å²) in [5.41, 5.74) is 2.49. The maximum atomic E-state index is 2.49. The van der Waals surface area contributed by atoms with Crippen molar-refractivity contribution >= 4 is 18.4 Å². The molecule has 0 N–H and O–H groups in total. The normalized spacial score (nSPS) is 11.9. The van der Waals surface area contributed by atoms with Crippen molar-refractivity contribution in [2.24, 2.45) is 0 Å². The predicted octanol–water partition coefficient (Wildman–Crippen LogP) is 3.77. The fraction of sp³-hybridized carbons (Fsp3) is 0.222. The van der Waals surface area contributed by atoms with E-state index in [1.54, 1.807) is 0 Å². The van der Waals surface area contributed by atoms with Gasteiger partial charge in [-0.25, -0.2) is 0 Å². The average molecular weight is 266 g/mol. The summed E-state index contributed by atoms with van der Waals surface area (Å²) in [6.45, 7) is 4.66. The second-order valence-corrected chi connectivity index (χ2v) is 9.02. The van der Waals surface area contributed by atoms with Crippen molar-refractivity contribution < 1.29 is 0 Å². The van der Waals surface area contributed by atoms with Crippen molar-refractivity contribution in [3.8, 4) is 0 Å². The first-order valence-electron chi connectivity index (χ1n) is 7.06. The second-order valence-electron chi connectivity index (χ2n) is 5.13. The van der Waals surface area contributed by atoms with E-state index in [-0.39, 0.29) is 0 Å². The average Bonchev–Trinajstić information content (AvgIpc) is 2.49. The lowest BCUT2D eigenvalue weighted by molar-refractivity contribution is 0.960. The van der Waals surface area contributed by atoms with Gasteiger partial charge in [-0.3, -0.25) is 0 Å². The van der Waals surface area contributed by atoms with Gasteiger partial charge in [0.15, 0.2) is 0 Å². The Kier molecular flexibility index (Phi) is 4.75. The molecule has 0 saturated heterocycles. The van der Waals surface area contributed by atoms with E-state index in [0.29, 0.717) is 0 Å². The molecule has 0 unspecified atom stereocenters. The third-order valence-corrected chi connectivity index (χ3v) is 7.62. The summed E-state index contributed by atoms with van der Waals surface area (Å²) < 4.78 is 0. The minimum atomic E-state index is -1.72. The molecule has 0 heterocycles. The lowest BCUT2D eigenvalue weighted by atomic mass is 10.3. The molecular formula is C18H22Si. The van der Waals surface area contributed by atoms with Crippen molar-refractivity contribution in [1.29, 1.82) is 0 Å². The molecule has 0 aromatic heterocycles. The van der Waals surface area contributed by atoms with E-state index < -0.39 is 8.07 Å². The monoisotopic (exact) mass is 266 g/mol. The van der Waals surface area contributed by atoms with Crippen molar-refractivity contribution in [3.05, 3.63) is 72.4 Å². The lowest BCUT2D eigenvalue weighted by Crippen LogP contribution is -2.54. The minimum absolute atomic E-state index is 1.17. The van der Waals surface area contributed by atoms with Crippen molar-refractivity contribution in [3.63, 3.8) is 0 Å². The molecule has 0 nitrogen and oxygen atoms in total. The van der Waals surface area contributed by atoms with E-state index in [1.807, 2.05) is 0 Å². The molecule has 0 fully saturated rings. The molecule has 0 bridgehead atoms. The lowest BCUT2D eigenvalue weighted by Gasteiger charge is -2.25. The first-order valence-corrected chi connectivity index (χ1v) is 9.64. The van der Waals surface area contributed by atoms with Gasteiger partial charge in [-0.1, -0.05) is 103 Å². The summed E-state index contributed by atoms with van der Waals surface area (Å²) in [5.74, 6) is 0. The smallest absolute Gasteiger partial charge is 0.0917 e. The van der Waals surface area contributed by atoms with Crippen LogP contribution in [0.3, 0.4) is 0 Å². The minimum Gasteiger partial charge on any atom is -0.0917 e. The van der Waals surface area contributed by atoms with Gasteiger partial charge in [-0.05, 0) is 6.42 Å². The molecule has 98 valence electrons. The standard InChI is InChI=1S/C18H22Si/c1-3-4-11-16-19(2,17-12-7-5-8-13-17)18-14-9-6-10-15-18/h5-16H,3-4H2,1-2H3/b16-11+. The Labute approximate surface area is 117 Å². The van der Waals surface area contributed by atoms with Crippen LogP contribution in [0.15, 0.2) is 72.4 Å². The number of rotatable bonds is 5. The number of unbranched alkanes of at least 4 members (excludes halogenated alkanes) is 1. The van der Waals surface area contributed by atoms with Crippen LogP contribution in [-0.4, -0.2) is 8.07 Å². The van der Waals surface area contributed by atoms with E-state index in [1.165, 1.54) is 23.2 Å². The van der Waals surface area contributed by atoms with Crippen LogP contribution in [0.2, 0.25) is 6.55 Å². The van der Waals surface area contributed by atoms with Crippen LogP contribution >= 0.6 is 0 Å². The quantitative estimate of drug-likeness (QED) is 0.723. The Morgan fingerprint density at radius 1 is 0.842 bits per heavy atom. The zero-order chi connectivity index (χ0) is 13.6. The van der Waals surface area contributed by atoms with Crippen LogP contribution in [0.4, 0.5) is 0 Å².